The minimum absolute atomic E-state index is 0.153. The third kappa shape index (κ3) is 8.52. The molecule has 0 saturated carbocycles. The first kappa shape index (κ1) is 35.7. The van der Waals surface area contributed by atoms with Gasteiger partial charge in [0.15, 0.2) is 5.69 Å². The van der Waals surface area contributed by atoms with Gasteiger partial charge in [-0.2, -0.15) is 5.10 Å². The van der Waals surface area contributed by atoms with Crippen LogP contribution in [0, 0.1) is 6.92 Å². The monoisotopic (exact) mass is 683 g/mol. The van der Waals surface area contributed by atoms with E-state index in [9.17, 15) is 23.7 Å². The number of hydrogen-bond acceptors (Lipinski definition) is 6. The van der Waals surface area contributed by atoms with E-state index in [1.54, 1.807) is 58.1 Å². The average molecular weight is 684 g/mol. The van der Waals surface area contributed by atoms with E-state index in [4.69, 9.17) is 5.10 Å². The second kappa shape index (κ2) is 16.7. The lowest BCUT2D eigenvalue weighted by Gasteiger charge is -2.36. The van der Waals surface area contributed by atoms with Crippen LogP contribution in [0.1, 0.15) is 77.2 Å². The number of carbonyl (C=O) groups excluding carboxylic acids is 3. The maximum atomic E-state index is 14.5. The highest BCUT2D eigenvalue weighted by molar-refractivity contribution is 7.85. The zero-order chi connectivity index (χ0) is 34.9. The van der Waals surface area contributed by atoms with Crippen LogP contribution in [0.25, 0.3) is 5.69 Å². The predicted octanol–water partition coefficient (Wildman–Crippen LogP) is 5.53. The molecule has 0 saturated heterocycles. The Morgan fingerprint density at radius 3 is 2.29 bits per heavy atom. The molecule has 1 aromatic heterocycles. The summed E-state index contributed by atoms with van der Waals surface area (Å²) in [6.45, 7) is 7.40. The first-order valence-electron chi connectivity index (χ1n) is 17.0. The van der Waals surface area contributed by atoms with Crippen LogP contribution in [0.2, 0.25) is 0 Å². The molecular formula is C38H45N5O5S. The number of unbranched alkanes of at least 4 members (excludes halogenated alkanes) is 2. The Balaban J connectivity index is 1.50. The summed E-state index contributed by atoms with van der Waals surface area (Å²) in [7, 11) is -1.55. The van der Waals surface area contributed by atoms with Crippen molar-refractivity contribution in [3.63, 3.8) is 0 Å². The number of rotatable bonds is 14. The SMILES string of the molecule is CCCCN(CCCC)C(=O)c1cc(C)n(-c2ccc(NC(=O)CS(=O)c3ccccc3)cc2C(=O)N2Cc3ccccc3C[C@H]2CO)n1. The van der Waals surface area contributed by atoms with Crippen molar-refractivity contribution in [1.82, 2.24) is 19.6 Å². The third-order valence-electron chi connectivity index (χ3n) is 8.79. The van der Waals surface area contributed by atoms with Gasteiger partial charge in [-0.25, -0.2) is 4.68 Å². The molecule has 2 atom stereocenters. The fourth-order valence-electron chi connectivity index (χ4n) is 6.08. The molecule has 0 spiro atoms. The van der Waals surface area contributed by atoms with Crippen LogP contribution in [0.4, 0.5) is 5.69 Å². The fourth-order valence-corrected chi connectivity index (χ4v) is 7.02. The van der Waals surface area contributed by atoms with Crippen LogP contribution in [0.15, 0.2) is 83.8 Å². The summed E-state index contributed by atoms with van der Waals surface area (Å²) in [5, 5.41) is 17.9. The molecule has 1 unspecified atom stereocenters. The number of benzene rings is 3. The number of aliphatic hydroxyl groups is 1. The van der Waals surface area contributed by atoms with E-state index < -0.39 is 22.7 Å². The molecule has 4 aromatic rings. The maximum absolute atomic E-state index is 14.5. The molecule has 1 aliphatic rings. The summed E-state index contributed by atoms with van der Waals surface area (Å²) in [5.41, 5.74) is 4.09. The normalized spacial score (nSPS) is 14.6. The number of aliphatic hydroxyl groups excluding tert-OH is 1. The number of nitrogens with zero attached hydrogens (tertiary/aromatic N) is 4. The number of amides is 3. The molecule has 2 heterocycles. The molecule has 11 heteroatoms. The second-order valence-electron chi connectivity index (χ2n) is 12.4. The quantitative estimate of drug-likeness (QED) is 0.180. The van der Waals surface area contributed by atoms with Gasteiger partial charge in [-0.05, 0) is 73.7 Å². The summed E-state index contributed by atoms with van der Waals surface area (Å²) < 4.78 is 14.4. The maximum Gasteiger partial charge on any atom is 0.274 e. The fraction of sp³-hybridized carbons (Fsp3) is 0.368. The van der Waals surface area contributed by atoms with Gasteiger partial charge in [-0.3, -0.25) is 18.6 Å². The van der Waals surface area contributed by atoms with E-state index in [1.807, 2.05) is 42.2 Å². The number of carbonyl (C=O) groups is 3. The van der Waals surface area contributed by atoms with Crippen LogP contribution in [0.3, 0.4) is 0 Å². The number of anilines is 1. The van der Waals surface area contributed by atoms with Crippen molar-refractivity contribution in [3.8, 4) is 5.69 Å². The van der Waals surface area contributed by atoms with Crippen molar-refractivity contribution in [3.05, 3.63) is 107 Å². The van der Waals surface area contributed by atoms with E-state index in [0.717, 1.165) is 36.8 Å². The summed E-state index contributed by atoms with van der Waals surface area (Å²) in [6, 6.07) is 22.9. The van der Waals surface area contributed by atoms with E-state index >= 15 is 0 Å². The van der Waals surface area contributed by atoms with Gasteiger partial charge in [0.05, 0.1) is 34.7 Å². The molecule has 0 bridgehead atoms. The molecule has 0 fully saturated rings. The largest absolute Gasteiger partial charge is 0.394 e. The molecule has 0 aliphatic carbocycles. The Labute approximate surface area is 290 Å². The summed E-state index contributed by atoms with van der Waals surface area (Å²) >= 11 is 0. The van der Waals surface area contributed by atoms with Crippen LogP contribution in [0.5, 0.6) is 0 Å². The minimum Gasteiger partial charge on any atom is -0.394 e. The van der Waals surface area contributed by atoms with E-state index in [1.165, 1.54) is 0 Å². The molecule has 2 N–H and O–H groups in total. The number of nitrogens with one attached hydrogen (secondary N) is 1. The van der Waals surface area contributed by atoms with Crippen molar-refractivity contribution in [2.24, 2.45) is 0 Å². The Hall–Kier alpha value is -4.61. The lowest BCUT2D eigenvalue weighted by atomic mass is 9.93. The minimum atomic E-state index is -1.55. The third-order valence-corrected chi connectivity index (χ3v) is 10.1. The van der Waals surface area contributed by atoms with Gasteiger partial charge in [0.25, 0.3) is 11.8 Å². The van der Waals surface area contributed by atoms with Crippen LogP contribution >= 0.6 is 0 Å². The standard InChI is InChI=1S/C38H45N5O5S/c1-4-6-19-41(20-7-5-2)38(47)34-21-27(3)43(40-34)35-18-17-30(39-36(45)26-49(48)32-15-9-8-10-16-32)23-33(35)37(46)42-24-29-14-12-11-13-28(29)22-31(42)25-44/h8-18,21,23,31,44H,4-7,19-20,22,24-26H2,1-3H3,(H,39,45)/t31-,49?/m0/s1. The molecule has 3 amide bonds. The molecule has 3 aromatic carbocycles. The Bertz CT molecular complexity index is 1800. The van der Waals surface area contributed by atoms with Gasteiger partial charge in [0.2, 0.25) is 5.91 Å². The number of aryl methyl sites for hydroxylation is 1. The van der Waals surface area contributed by atoms with Crippen molar-refractivity contribution in [2.45, 2.75) is 70.4 Å². The smallest absolute Gasteiger partial charge is 0.274 e. The molecule has 5 rings (SSSR count). The highest BCUT2D eigenvalue weighted by atomic mass is 32.2. The number of aromatic nitrogens is 2. The average Bonchev–Trinajstić information content (AvgIpc) is 3.51. The molecule has 258 valence electrons. The molecule has 1 aliphatic heterocycles. The van der Waals surface area contributed by atoms with Gasteiger partial charge < -0.3 is 20.2 Å². The topological polar surface area (TPSA) is 125 Å². The number of fused-ring (bicyclic) bond motifs is 1. The van der Waals surface area contributed by atoms with Crippen molar-refractivity contribution in [1.29, 1.82) is 0 Å². The molecular weight excluding hydrogens is 639 g/mol. The van der Waals surface area contributed by atoms with Crippen molar-refractivity contribution in [2.75, 3.05) is 30.8 Å². The van der Waals surface area contributed by atoms with Crippen molar-refractivity contribution >= 4 is 34.2 Å². The van der Waals surface area contributed by atoms with Gasteiger partial charge in [-0.15, -0.1) is 0 Å². The molecule has 0 radical (unpaired) electrons. The first-order valence-corrected chi connectivity index (χ1v) is 18.3. The summed E-state index contributed by atoms with van der Waals surface area (Å²) in [6.07, 6.45) is 4.22. The highest BCUT2D eigenvalue weighted by Gasteiger charge is 2.32. The summed E-state index contributed by atoms with van der Waals surface area (Å²) in [5.74, 6) is -1.21. The van der Waals surface area contributed by atoms with Gasteiger partial charge in [-0.1, -0.05) is 69.2 Å². The Kier molecular flexibility index (Phi) is 12.1. The molecule has 10 nitrogen and oxygen atoms in total. The highest BCUT2D eigenvalue weighted by Crippen LogP contribution is 2.29. The Morgan fingerprint density at radius 2 is 1.61 bits per heavy atom. The van der Waals surface area contributed by atoms with Crippen molar-refractivity contribution < 1.29 is 23.7 Å². The zero-order valence-electron chi connectivity index (χ0n) is 28.4. The van der Waals surface area contributed by atoms with Gasteiger partial charge in [0, 0.05) is 35.9 Å². The first-order chi connectivity index (χ1) is 23.7. The van der Waals surface area contributed by atoms with Gasteiger partial charge >= 0.3 is 0 Å². The van der Waals surface area contributed by atoms with Crippen LogP contribution in [-0.4, -0.2) is 78.1 Å². The lowest BCUT2D eigenvalue weighted by Crippen LogP contribution is -2.46. The Morgan fingerprint density at radius 1 is 0.939 bits per heavy atom. The van der Waals surface area contributed by atoms with E-state index in [-0.39, 0.29) is 29.7 Å². The predicted molar refractivity (Wildman–Crippen MR) is 191 cm³/mol. The van der Waals surface area contributed by atoms with E-state index in [0.29, 0.717) is 53.7 Å². The second-order valence-corrected chi connectivity index (χ2v) is 13.9. The van der Waals surface area contributed by atoms with Gasteiger partial charge in [0.1, 0.15) is 5.75 Å². The zero-order valence-corrected chi connectivity index (χ0v) is 29.2. The lowest BCUT2D eigenvalue weighted by molar-refractivity contribution is -0.113. The number of hydrogen-bond donors (Lipinski definition) is 2. The van der Waals surface area contributed by atoms with Crippen LogP contribution < -0.4 is 5.32 Å². The van der Waals surface area contributed by atoms with E-state index in [2.05, 4.69) is 19.2 Å². The molecule has 49 heavy (non-hydrogen) atoms. The summed E-state index contributed by atoms with van der Waals surface area (Å²) in [4.78, 5) is 45.2. The van der Waals surface area contributed by atoms with Crippen LogP contribution in [-0.2, 0) is 28.6 Å².